The first-order valence-corrected chi connectivity index (χ1v) is 5.78. The third kappa shape index (κ3) is 7.68. The fourth-order valence-corrected chi connectivity index (χ4v) is 1.47. The second-order valence-corrected chi connectivity index (χ2v) is 3.98. The van der Waals surface area contributed by atoms with Gasteiger partial charge in [0.05, 0.1) is 0 Å². The molecule has 0 saturated heterocycles. The van der Waals surface area contributed by atoms with Crippen LogP contribution in [0.15, 0.2) is 0 Å². The molecule has 4 heteroatoms. The molecule has 0 aliphatic heterocycles. The molecule has 0 heterocycles. The van der Waals surface area contributed by atoms with Crippen molar-refractivity contribution in [3.05, 3.63) is 0 Å². The SMILES string of the molecule is CCCCC(CC)CNCC(O)C(F)F. The smallest absolute Gasteiger partial charge is 0.265 e. The van der Waals surface area contributed by atoms with Gasteiger partial charge in [0.15, 0.2) is 0 Å². The summed E-state index contributed by atoms with van der Waals surface area (Å²) in [6, 6.07) is 0. The van der Waals surface area contributed by atoms with Crippen molar-refractivity contribution in [1.29, 1.82) is 0 Å². The number of aliphatic hydroxyl groups is 1. The molecule has 0 aliphatic carbocycles. The van der Waals surface area contributed by atoms with E-state index in [4.69, 9.17) is 5.11 Å². The van der Waals surface area contributed by atoms with Crippen molar-refractivity contribution in [2.24, 2.45) is 5.92 Å². The summed E-state index contributed by atoms with van der Waals surface area (Å²) in [5.41, 5.74) is 0. The van der Waals surface area contributed by atoms with Crippen LogP contribution in [0.2, 0.25) is 0 Å². The minimum Gasteiger partial charge on any atom is -0.386 e. The van der Waals surface area contributed by atoms with E-state index in [1.807, 2.05) is 0 Å². The summed E-state index contributed by atoms with van der Waals surface area (Å²) in [6.07, 6.45) is 0.345. The van der Waals surface area contributed by atoms with Crippen LogP contribution in [0.4, 0.5) is 8.78 Å². The number of aliphatic hydroxyl groups excluding tert-OH is 1. The number of rotatable bonds is 9. The molecule has 0 fully saturated rings. The molecule has 0 aromatic carbocycles. The van der Waals surface area contributed by atoms with E-state index < -0.39 is 12.5 Å². The minimum absolute atomic E-state index is 0.0136. The zero-order valence-corrected chi connectivity index (χ0v) is 9.68. The molecule has 0 rings (SSSR count). The second-order valence-electron chi connectivity index (χ2n) is 3.98. The number of hydrogen-bond donors (Lipinski definition) is 2. The summed E-state index contributed by atoms with van der Waals surface area (Å²) in [6.45, 7) is 4.95. The van der Waals surface area contributed by atoms with Gasteiger partial charge in [-0.2, -0.15) is 0 Å². The summed E-state index contributed by atoms with van der Waals surface area (Å²) in [5.74, 6) is 0.537. The molecule has 15 heavy (non-hydrogen) atoms. The maximum absolute atomic E-state index is 11.9. The maximum Gasteiger partial charge on any atom is 0.265 e. The fraction of sp³-hybridized carbons (Fsp3) is 1.00. The summed E-state index contributed by atoms with van der Waals surface area (Å²) in [5, 5.41) is 11.8. The Bertz CT molecular complexity index is 145. The highest BCUT2D eigenvalue weighted by molar-refractivity contribution is 4.65. The van der Waals surface area contributed by atoms with E-state index in [9.17, 15) is 8.78 Å². The highest BCUT2D eigenvalue weighted by Gasteiger charge is 2.16. The standard InChI is InChI=1S/C11H23F2NO/c1-3-5-6-9(4-2)7-14-8-10(15)11(12)13/h9-11,14-15H,3-8H2,1-2H3. The third-order valence-electron chi connectivity index (χ3n) is 2.62. The zero-order chi connectivity index (χ0) is 11.7. The van der Waals surface area contributed by atoms with Crippen LogP contribution >= 0.6 is 0 Å². The Morgan fingerprint density at radius 3 is 2.33 bits per heavy atom. The zero-order valence-electron chi connectivity index (χ0n) is 9.68. The topological polar surface area (TPSA) is 32.3 Å². The van der Waals surface area contributed by atoms with E-state index >= 15 is 0 Å². The van der Waals surface area contributed by atoms with Gasteiger partial charge >= 0.3 is 0 Å². The highest BCUT2D eigenvalue weighted by atomic mass is 19.3. The van der Waals surface area contributed by atoms with E-state index in [0.29, 0.717) is 5.92 Å². The molecule has 2 N–H and O–H groups in total. The monoisotopic (exact) mass is 223 g/mol. The van der Waals surface area contributed by atoms with Crippen molar-refractivity contribution >= 4 is 0 Å². The van der Waals surface area contributed by atoms with Gasteiger partial charge < -0.3 is 10.4 Å². The number of halogens is 2. The lowest BCUT2D eigenvalue weighted by Gasteiger charge is -2.17. The number of unbranched alkanes of at least 4 members (excludes halogenated alkanes) is 1. The summed E-state index contributed by atoms with van der Waals surface area (Å²) >= 11 is 0. The van der Waals surface area contributed by atoms with Gasteiger partial charge in [-0.05, 0) is 18.9 Å². The Kier molecular flexibility index (Phi) is 8.91. The quantitative estimate of drug-likeness (QED) is 0.629. The Morgan fingerprint density at radius 2 is 1.87 bits per heavy atom. The van der Waals surface area contributed by atoms with Crippen LogP contribution in [-0.4, -0.2) is 30.7 Å². The van der Waals surface area contributed by atoms with Crippen LogP contribution in [0.25, 0.3) is 0 Å². The summed E-state index contributed by atoms with van der Waals surface area (Å²) < 4.78 is 23.9. The highest BCUT2D eigenvalue weighted by Crippen LogP contribution is 2.11. The van der Waals surface area contributed by atoms with Crippen molar-refractivity contribution in [2.45, 2.75) is 52.1 Å². The van der Waals surface area contributed by atoms with E-state index in [0.717, 1.165) is 25.8 Å². The number of hydrogen-bond acceptors (Lipinski definition) is 2. The largest absolute Gasteiger partial charge is 0.386 e. The number of alkyl halides is 2. The molecule has 2 unspecified atom stereocenters. The Balaban J connectivity index is 3.53. The lowest BCUT2D eigenvalue weighted by atomic mass is 9.99. The first-order valence-electron chi connectivity index (χ1n) is 5.78. The molecule has 92 valence electrons. The van der Waals surface area contributed by atoms with Crippen LogP contribution in [0.1, 0.15) is 39.5 Å². The van der Waals surface area contributed by atoms with Crippen molar-refractivity contribution in [3.63, 3.8) is 0 Å². The Hall–Kier alpha value is -0.220. The molecule has 2 atom stereocenters. The van der Waals surface area contributed by atoms with Crippen molar-refractivity contribution < 1.29 is 13.9 Å². The maximum atomic E-state index is 11.9. The first-order chi connectivity index (χ1) is 7.11. The van der Waals surface area contributed by atoms with Crippen molar-refractivity contribution in [1.82, 2.24) is 5.32 Å². The van der Waals surface area contributed by atoms with Crippen molar-refractivity contribution in [2.75, 3.05) is 13.1 Å². The third-order valence-corrected chi connectivity index (χ3v) is 2.62. The van der Waals surface area contributed by atoms with E-state index in [1.165, 1.54) is 6.42 Å². The van der Waals surface area contributed by atoms with E-state index in [-0.39, 0.29) is 6.54 Å². The molecule has 0 radical (unpaired) electrons. The average molecular weight is 223 g/mol. The van der Waals surface area contributed by atoms with Crippen molar-refractivity contribution in [3.8, 4) is 0 Å². The van der Waals surface area contributed by atoms with Crippen LogP contribution in [0.5, 0.6) is 0 Å². The molecular weight excluding hydrogens is 200 g/mol. The summed E-state index contributed by atoms with van der Waals surface area (Å²) in [4.78, 5) is 0. The van der Waals surface area contributed by atoms with Gasteiger partial charge in [-0.3, -0.25) is 0 Å². The van der Waals surface area contributed by atoms with Crippen LogP contribution in [-0.2, 0) is 0 Å². The molecule has 0 amide bonds. The number of nitrogens with one attached hydrogen (secondary N) is 1. The molecular formula is C11H23F2NO. The predicted molar refractivity (Wildman–Crippen MR) is 58.2 cm³/mol. The van der Waals surface area contributed by atoms with E-state index in [1.54, 1.807) is 0 Å². The fourth-order valence-electron chi connectivity index (χ4n) is 1.47. The molecule has 0 spiro atoms. The molecule has 2 nitrogen and oxygen atoms in total. The first kappa shape index (κ1) is 14.8. The average Bonchev–Trinajstić information content (AvgIpc) is 2.22. The molecule has 0 aliphatic rings. The predicted octanol–water partition coefficient (Wildman–Crippen LogP) is 2.42. The molecule has 0 bridgehead atoms. The van der Waals surface area contributed by atoms with Gasteiger partial charge in [-0.15, -0.1) is 0 Å². The van der Waals surface area contributed by atoms with Gasteiger partial charge in [0.25, 0.3) is 6.43 Å². The van der Waals surface area contributed by atoms with Gasteiger partial charge in [0.2, 0.25) is 0 Å². The Morgan fingerprint density at radius 1 is 1.20 bits per heavy atom. The lowest BCUT2D eigenvalue weighted by Crippen LogP contribution is -2.34. The van der Waals surface area contributed by atoms with E-state index in [2.05, 4.69) is 19.2 Å². The van der Waals surface area contributed by atoms with Gasteiger partial charge in [0.1, 0.15) is 6.10 Å². The van der Waals surface area contributed by atoms with Crippen LogP contribution in [0.3, 0.4) is 0 Å². The van der Waals surface area contributed by atoms with Gasteiger partial charge in [-0.25, -0.2) is 8.78 Å². The summed E-state index contributed by atoms with van der Waals surface area (Å²) in [7, 11) is 0. The van der Waals surface area contributed by atoms with Gasteiger partial charge in [0, 0.05) is 6.54 Å². The second kappa shape index (κ2) is 9.04. The molecule has 0 aromatic rings. The minimum atomic E-state index is -2.65. The normalized spacial score (nSPS) is 15.6. The molecule has 0 saturated carbocycles. The molecule has 0 aromatic heterocycles. The van der Waals surface area contributed by atoms with Gasteiger partial charge in [-0.1, -0.05) is 33.1 Å². The van der Waals surface area contributed by atoms with Crippen LogP contribution < -0.4 is 5.32 Å². The lowest BCUT2D eigenvalue weighted by molar-refractivity contribution is -0.00366. The van der Waals surface area contributed by atoms with Crippen LogP contribution in [0, 0.1) is 5.92 Å². The Labute approximate surface area is 91.1 Å².